The minimum absolute atomic E-state index is 0.0285. The van der Waals surface area contributed by atoms with Gasteiger partial charge in [0, 0.05) is 25.6 Å². The Labute approximate surface area is 108 Å². The highest BCUT2D eigenvalue weighted by atomic mass is 16.2. The molecule has 2 fully saturated rings. The van der Waals surface area contributed by atoms with Crippen LogP contribution in [0.1, 0.15) is 32.1 Å². The number of nitrogens with zero attached hydrogens (tertiary/aromatic N) is 1. The number of nitrogens with one attached hydrogen (secondary N) is 1. The van der Waals surface area contributed by atoms with Crippen molar-refractivity contribution in [3.63, 3.8) is 0 Å². The second kappa shape index (κ2) is 6.18. The summed E-state index contributed by atoms with van der Waals surface area (Å²) in [6, 6.07) is 0. The van der Waals surface area contributed by atoms with Crippen LogP contribution >= 0.6 is 0 Å². The zero-order valence-corrected chi connectivity index (χ0v) is 10.9. The topological polar surface area (TPSA) is 75.4 Å². The first kappa shape index (κ1) is 13.3. The normalized spacial score (nSPS) is 23.8. The Kier molecular flexibility index (Phi) is 4.58. The van der Waals surface area contributed by atoms with Gasteiger partial charge in [-0.15, -0.1) is 0 Å². The third-order valence-corrected chi connectivity index (χ3v) is 3.71. The third-order valence-electron chi connectivity index (χ3n) is 3.71. The van der Waals surface area contributed by atoms with E-state index in [2.05, 4.69) is 5.32 Å². The van der Waals surface area contributed by atoms with Crippen LogP contribution in [0.4, 0.5) is 0 Å². The van der Waals surface area contributed by atoms with Gasteiger partial charge in [0.15, 0.2) is 0 Å². The Bertz CT molecular complexity index is 315. The Balaban J connectivity index is 1.78. The quantitative estimate of drug-likeness (QED) is 0.682. The molecule has 0 spiro atoms. The highest BCUT2D eigenvalue weighted by Crippen LogP contribution is 2.32. The van der Waals surface area contributed by atoms with Crippen molar-refractivity contribution < 1.29 is 9.59 Å². The molecule has 1 aliphatic carbocycles. The Morgan fingerprint density at radius 1 is 1.22 bits per heavy atom. The van der Waals surface area contributed by atoms with Crippen molar-refractivity contribution in [3.05, 3.63) is 0 Å². The van der Waals surface area contributed by atoms with E-state index >= 15 is 0 Å². The van der Waals surface area contributed by atoms with Crippen molar-refractivity contribution in [2.75, 3.05) is 26.2 Å². The maximum absolute atomic E-state index is 12.0. The van der Waals surface area contributed by atoms with E-state index in [0.29, 0.717) is 19.6 Å². The van der Waals surface area contributed by atoms with Gasteiger partial charge in [0.05, 0.1) is 5.92 Å². The van der Waals surface area contributed by atoms with Crippen LogP contribution in [0.2, 0.25) is 0 Å². The van der Waals surface area contributed by atoms with Crippen LogP contribution in [-0.4, -0.2) is 42.9 Å². The summed E-state index contributed by atoms with van der Waals surface area (Å²) >= 11 is 0. The number of carbonyl (C=O) groups excluding carboxylic acids is 2. The van der Waals surface area contributed by atoms with E-state index in [1.807, 2.05) is 4.90 Å². The Morgan fingerprint density at radius 3 is 2.67 bits per heavy atom. The summed E-state index contributed by atoms with van der Waals surface area (Å²) in [6.45, 7) is 2.66. The third kappa shape index (κ3) is 3.45. The summed E-state index contributed by atoms with van der Waals surface area (Å²) in [6.07, 6.45) is 4.70. The number of piperidine rings is 1. The minimum Gasteiger partial charge on any atom is -0.356 e. The van der Waals surface area contributed by atoms with Crippen molar-refractivity contribution in [2.45, 2.75) is 32.1 Å². The largest absolute Gasteiger partial charge is 0.356 e. The second-order valence-corrected chi connectivity index (χ2v) is 5.33. The summed E-state index contributed by atoms with van der Waals surface area (Å²) in [7, 11) is 0. The molecule has 0 aromatic rings. The van der Waals surface area contributed by atoms with Crippen LogP contribution in [0.25, 0.3) is 0 Å². The van der Waals surface area contributed by atoms with Crippen molar-refractivity contribution in [1.82, 2.24) is 10.2 Å². The van der Waals surface area contributed by atoms with Crippen molar-refractivity contribution >= 4 is 11.8 Å². The van der Waals surface area contributed by atoms with Gasteiger partial charge < -0.3 is 16.0 Å². The van der Waals surface area contributed by atoms with E-state index in [1.165, 1.54) is 0 Å². The first-order chi connectivity index (χ1) is 8.72. The summed E-state index contributed by atoms with van der Waals surface area (Å²) in [5.74, 6) is 0.564. The van der Waals surface area contributed by atoms with Gasteiger partial charge in [-0.1, -0.05) is 0 Å². The van der Waals surface area contributed by atoms with Crippen LogP contribution in [0, 0.1) is 11.8 Å². The zero-order chi connectivity index (χ0) is 13.0. The SMILES string of the molecule is NCCCNC(=O)C1CCCN(C(=O)C2CC2)C1. The number of likely N-dealkylation sites (tertiary alicyclic amines) is 1. The fourth-order valence-electron chi connectivity index (χ4n) is 2.44. The first-order valence-electron chi connectivity index (χ1n) is 6.99. The number of hydrogen-bond donors (Lipinski definition) is 2. The van der Waals surface area contributed by atoms with Gasteiger partial charge >= 0.3 is 0 Å². The van der Waals surface area contributed by atoms with Gasteiger partial charge in [-0.25, -0.2) is 0 Å². The highest BCUT2D eigenvalue weighted by molar-refractivity contribution is 5.83. The number of rotatable bonds is 5. The van der Waals surface area contributed by atoms with E-state index < -0.39 is 0 Å². The fourth-order valence-corrected chi connectivity index (χ4v) is 2.44. The molecule has 1 unspecified atom stereocenters. The molecule has 2 rings (SSSR count). The van der Waals surface area contributed by atoms with Crippen LogP contribution < -0.4 is 11.1 Å². The Morgan fingerprint density at radius 2 is 2.00 bits per heavy atom. The number of hydrogen-bond acceptors (Lipinski definition) is 3. The molecule has 1 heterocycles. The lowest BCUT2D eigenvalue weighted by molar-refractivity contribution is -0.136. The smallest absolute Gasteiger partial charge is 0.225 e. The predicted octanol–water partition coefficient (Wildman–Crippen LogP) is 0.1000. The number of nitrogens with two attached hydrogens (primary N) is 1. The van der Waals surface area contributed by atoms with Gasteiger partial charge in [0.2, 0.25) is 11.8 Å². The predicted molar refractivity (Wildman–Crippen MR) is 68.7 cm³/mol. The molecule has 1 saturated carbocycles. The van der Waals surface area contributed by atoms with Crippen molar-refractivity contribution in [2.24, 2.45) is 17.6 Å². The highest BCUT2D eigenvalue weighted by Gasteiger charge is 2.36. The lowest BCUT2D eigenvalue weighted by Crippen LogP contribution is -2.46. The van der Waals surface area contributed by atoms with Crippen LogP contribution in [0.15, 0.2) is 0 Å². The van der Waals surface area contributed by atoms with Crippen LogP contribution in [-0.2, 0) is 9.59 Å². The summed E-state index contributed by atoms with van der Waals surface area (Å²) in [4.78, 5) is 25.8. The van der Waals surface area contributed by atoms with Crippen LogP contribution in [0.3, 0.4) is 0 Å². The number of carbonyl (C=O) groups is 2. The van der Waals surface area contributed by atoms with Gasteiger partial charge in [-0.05, 0) is 38.6 Å². The summed E-state index contributed by atoms with van der Waals surface area (Å²) < 4.78 is 0. The molecule has 3 N–H and O–H groups in total. The zero-order valence-electron chi connectivity index (χ0n) is 10.9. The molecule has 2 aliphatic rings. The molecular weight excluding hydrogens is 230 g/mol. The average molecular weight is 253 g/mol. The van der Waals surface area contributed by atoms with Gasteiger partial charge in [-0.2, -0.15) is 0 Å². The monoisotopic (exact) mass is 253 g/mol. The minimum atomic E-state index is -0.0285. The Hall–Kier alpha value is -1.10. The molecule has 1 saturated heterocycles. The van der Waals surface area contributed by atoms with E-state index in [1.54, 1.807) is 0 Å². The second-order valence-electron chi connectivity index (χ2n) is 5.33. The maximum Gasteiger partial charge on any atom is 0.225 e. The summed E-state index contributed by atoms with van der Waals surface area (Å²) in [5, 5.41) is 2.90. The molecule has 0 bridgehead atoms. The average Bonchev–Trinajstić information content (AvgIpc) is 3.22. The van der Waals surface area contributed by atoms with E-state index in [-0.39, 0.29) is 23.7 Å². The molecule has 5 heteroatoms. The fraction of sp³-hybridized carbons (Fsp3) is 0.846. The lowest BCUT2D eigenvalue weighted by atomic mass is 9.96. The molecule has 0 aromatic carbocycles. The van der Waals surface area contributed by atoms with Gasteiger partial charge in [-0.3, -0.25) is 9.59 Å². The lowest BCUT2D eigenvalue weighted by Gasteiger charge is -2.32. The standard InChI is InChI=1S/C13H23N3O2/c14-6-2-7-15-12(17)11-3-1-8-16(9-11)13(18)10-4-5-10/h10-11H,1-9,14H2,(H,15,17). The van der Waals surface area contributed by atoms with Gasteiger partial charge in [0.1, 0.15) is 0 Å². The molecule has 1 aliphatic heterocycles. The number of amides is 2. The molecule has 102 valence electrons. The van der Waals surface area contributed by atoms with E-state index in [9.17, 15) is 9.59 Å². The van der Waals surface area contributed by atoms with Crippen molar-refractivity contribution in [3.8, 4) is 0 Å². The molecule has 0 radical (unpaired) electrons. The molecule has 1 atom stereocenters. The molecule has 0 aromatic heterocycles. The molecule has 18 heavy (non-hydrogen) atoms. The first-order valence-corrected chi connectivity index (χ1v) is 6.99. The van der Waals surface area contributed by atoms with E-state index in [0.717, 1.165) is 38.6 Å². The van der Waals surface area contributed by atoms with E-state index in [4.69, 9.17) is 5.73 Å². The van der Waals surface area contributed by atoms with Crippen LogP contribution in [0.5, 0.6) is 0 Å². The molecule has 5 nitrogen and oxygen atoms in total. The van der Waals surface area contributed by atoms with Crippen molar-refractivity contribution in [1.29, 1.82) is 0 Å². The van der Waals surface area contributed by atoms with Gasteiger partial charge in [0.25, 0.3) is 0 Å². The summed E-state index contributed by atoms with van der Waals surface area (Å²) in [5.41, 5.74) is 5.39. The maximum atomic E-state index is 12.0. The molecule has 2 amide bonds. The molecular formula is C13H23N3O2.